The van der Waals surface area contributed by atoms with Gasteiger partial charge in [0.05, 0.1) is 5.02 Å². The van der Waals surface area contributed by atoms with Gasteiger partial charge in [0.25, 0.3) is 0 Å². The van der Waals surface area contributed by atoms with Gasteiger partial charge in [0.1, 0.15) is 11.9 Å². The van der Waals surface area contributed by atoms with Crippen molar-refractivity contribution in [2.24, 2.45) is 0 Å². The number of nitrogens with one attached hydrogen (secondary N) is 1. The molecule has 0 bridgehead atoms. The highest BCUT2D eigenvalue weighted by atomic mass is 35.5. The third-order valence-electron chi connectivity index (χ3n) is 2.98. The van der Waals surface area contributed by atoms with Gasteiger partial charge in [-0.25, -0.2) is 0 Å². The Morgan fingerprint density at radius 1 is 1.31 bits per heavy atom. The van der Waals surface area contributed by atoms with Crippen molar-refractivity contribution in [1.29, 1.82) is 0 Å². The van der Waals surface area contributed by atoms with E-state index in [1.54, 1.807) is 12.1 Å². The Bertz CT molecular complexity index is 370. The number of halogens is 2. The van der Waals surface area contributed by atoms with Crippen molar-refractivity contribution in [3.63, 3.8) is 0 Å². The molecule has 0 spiro atoms. The monoisotopic (exact) mass is 259 g/mol. The zero-order valence-corrected chi connectivity index (χ0v) is 10.7. The average molecular weight is 260 g/mol. The molecule has 0 aliphatic heterocycles. The van der Waals surface area contributed by atoms with Gasteiger partial charge in [-0.15, -0.1) is 0 Å². The molecule has 1 aliphatic rings. The average Bonchev–Trinajstić information content (AvgIpc) is 2.70. The lowest BCUT2D eigenvalue weighted by Crippen LogP contribution is -2.23. The zero-order chi connectivity index (χ0) is 11.5. The summed E-state index contributed by atoms with van der Waals surface area (Å²) < 4.78 is 5.86. The number of hydrogen-bond donors (Lipinski definition) is 1. The minimum Gasteiger partial charge on any atom is -0.489 e. The van der Waals surface area contributed by atoms with Crippen LogP contribution in [-0.4, -0.2) is 19.2 Å². The fourth-order valence-corrected chi connectivity index (χ4v) is 2.51. The summed E-state index contributed by atoms with van der Waals surface area (Å²) in [4.78, 5) is 0. The van der Waals surface area contributed by atoms with E-state index in [1.807, 2.05) is 13.1 Å². The Kier molecular flexibility index (Phi) is 3.95. The van der Waals surface area contributed by atoms with E-state index in [9.17, 15) is 0 Å². The van der Waals surface area contributed by atoms with Gasteiger partial charge >= 0.3 is 0 Å². The van der Waals surface area contributed by atoms with Crippen LogP contribution in [0.2, 0.25) is 10.0 Å². The molecule has 1 aromatic carbocycles. The summed E-state index contributed by atoms with van der Waals surface area (Å²) in [7, 11) is 1.99. The van der Waals surface area contributed by atoms with Crippen LogP contribution in [0.1, 0.15) is 19.3 Å². The van der Waals surface area contributed by atoms with Gasteiger partial charge in [-0.2, -0.15) is 0 Å². The first-order chi connectivity index (χ1) is 7.69. The third-order valence-corrected chi connectivity index (χ3v) is 3.51. The van der Waals surface area contributed by atoms with Crippen molar-refractivity contribution in [1.82, 2.24) is 5.32 Å². The van der Waals surface area contributed by atoms with Crippen molar-refractivity contribution in [2.45, 2.75) is 31.4 Å². The van der Waals surface area contributed by atoms with E-state index in [0.29, 0.717) is 16.1 Å². The van der Waals surface area contributed by atoms with Crippen LogP contribution < -0.4 is 10.1 Å². The van der Waals surface area contributed by atoms with E-state index in [1.165, 1.54) is 0 Å². The lowest BCUT2D eigenvalue weighted by atomic mass is 10.2. The van der Waals surface area contributed by atoms with Crippen molar-refractivity contribution in [3.8, 4) is 5.75 Å². The van der Waals surface area contributed by atoms with Gasteiger partial charge in [0, 0.05) is 11.1 Å². The number of ether oxygens (including phenoxy) is 1. The second-order valence-electron chi connectivity index (χ2n) is 4.11. The molecule has 0 saturated heterocycles. The van der Waals surface area contributed by atoms with E-state index in [4.69, 9.17) is 27.9 Å². The molecule has 2 unspecified atom stereocenters. The van der Waals surface area contributed by atoms with E-state index < -0.39 is 0 Å². The quantitative estimate of drug-likeness (QED) is 0.897. The van der Waals surface area contributed by atoms with Gasteiger partial charge in [-0.1, -0.05) is 23.2 Å². The molecule has 88 valence electrons. The largest absolute Gasteiger partial charge is 0.489 e. The molecule has 2 nitrogen and oxygen atoms in total. The number of benzene rings is 1. The van der Waals surface area contributed by atoms with E-state index in [0.717, 1.165) is 25.0 Å². The van der Waals surface area contributed by atoms with Gasteiger partial charge in [-0.05, 0) is 44.5 Å². The van der Waals surface area contributed by atoms with Crippen molar-refractivity contribution in [2.75, 3.05) is 7.05 Å². The van der Waals surface area contributed by atoms with E-state index >= 15 is 0 Å². The summed E-state index contributed by atoms with van der Waals surface area (Å²) in [6.45, 7) is 0. The number of hydrogen-bond acceptors (Lipinski definition) is 2. The fraction of sp³-hybridized carbons (Fsp3) is 0.500. The molecular formula is C12H15Cl2NO. The van der Waals surface area contributed by atoms with Crippen LogP contribution in [0.5, 0.6) is 5.75 Å². The number of rotatable bonds is 3. The van der Waals surface area contributed by atoms with Crippen LogP contribution in [0.15, 0.2) is 18.2 Å². The lowest BCUT2D eigenvalue weighted by Gasteiger charge is -2.15. The molecule has 0 heterocycles. The SMILES string of the molecule is CNC1CCC(Oc2ccc(Cl)cc2Cl)C1. The molecule has 0 radical (unpaired) electrons. The Morgan fingerprint density at radius 3 is 2.75 bits per heavy atom. The lowest BCUT2D eigenvalue weighted by molar-refractivity contribution is 0.207. The molecular weight excluding hydrogens is 245 g/mol. The smallest absolute Gasteiger partial charge is 0.138 e. The molecule has 16 heavy (non-hydrogen) atoms. The standard InChI is InChI=1S/C12H15Cl2NO/c1-15-9-3-4-10(7-9)16-12-5-2-8(13)6-11(12)14/h2,5-6,9-10,15H,3-4,7H2,1H3. The summed E-state index contributed by atoms with van der Waals surface area (Å²) in [5.41, 5.74) is 0. The second-order valence-corrected chi connectivity index (χ2v) is 4.96. The summed E-state index contributed by atoms with van der Waals surface area (Å²) in [5.74, 6) is 0.729. The Balaban J connectivity index is 1.99. The molecule has 4 heteroatoms. The highest BCUT2D eigenvalue weighted by Crippen LogP contribution is 2.31. The van der Waals surface area contributed by atoms with E-state index in [-0.39, 0.29) is 6.10 Å². The molecule has 0 aromatic heterocycles. The van der Waals surface area contributed by atoms with Crippen LogP contribution in [0.3, 0.4) is 0 Å². The second kappa shape index (κ2) is 5.26. The highest BCUT2D eigenvalue weighted by Gasteiger charge is 2.25. The summed E-state index contributed by atoms with van der Waals surface area (Å²) >= 11 is 11.9. The third kappa shape index (κ3) is 2.82. The van der Waals surface area contributed by atoms with Crippen LogP contribution in [0, 0.1) is 0 Å². The molecule has 2 rings (SSSR count). The van der Waals surface area contributed by atoms with Gasteiger partial charge in [0.15, 0.2) is 0 Å². The minimum absolute atomic E-state index is 0.260. The normalized spacial score (nSPS) is 24.7. The summed E-state index contributed by atoms with van der Waals surface area (Å²) in [6.07, 6.45) is 3.53. The molecule has 1 N–H and O–H groups in total. The van der Waals surface area contributed by atoms with Crippen LogP contribution >= 0.6 is 23.2 Å². The molecule has 1 aromatic rings. The predicted molar refractivity (Wildman–Crippen MR) is 67.6 cm³/mol. The first-order valence-corrected chi connectivity index (χ1v) is 6.23. The Hall–Kier alpha value is -0.440. The fourth-order valence-electron chi connectivity index (χ4n) is 2.06. The van der Waals surface area contributed by atoms with E-state index in [2.05, 4.69) is 5.32 Å². The molecule has 1 saturated carbocycles. The topological polar surface area (TPSA) is 21.3 Å². The van der Waals surface area contributed by atoms with Crippen LogP contribution in [-0.2, 0) is 0 Å². The van der Waals surface area contributed by atoms with Gasteiger partial charge in [-0.3, -0.25) is 0 Å². The maximum Gasteiger partial charge on any atom is 0.138 e. The Morgan fingerprint density at radius 2 is 2.12 bits per heavy atom. The van der Waals surface area contributed by atoms with Crippen molar-refractivity contribution < 1.29 is 4.74 Å². The van der Waals surface area contributed by atoms with Crippen LogP contribution in [0.25, 0.3) is 0 Å². The molecule has 1 fully saturated rings. The first-order valence-electron chi connectivity index (χ1n) is 5.48. The van der Waals surface area contributed by atoms with Gasteiger partial charge < -0.3 is 10.1 Å². The van der Waals surface area contributed by atoms with Gasteiger partial charge in [0.2, 0.25) is 0 Å². The molecule has 2 atom stereocenters. The van der Waals surface area contributed by atoms with Crippen molar-refractivity contribution in [3.05, 3.63) is 28.2 Å². The Labute approximate surface area is 106 Å². The first kappa shape index (κ1) is 12.0. The maximum atomic E-state index is 6.05. The molecule has 1 aliphatic carbocycles. The predicted octanol–water partition coefficient (Wildman–Crippen LogP) is 3.51. The highest BCUT2D eigenvalue weighted by molar-refractivity contribution is 6.35. The van der Waals surface area contributed by atoms with Crippen LogP contribution in [0.4, 0.5) is 0 Å². The zero-order valence-electron chi connectivity index (χ0n) is 9.17. The molecule has 0 amide bonds. The van der Waals surface area contributed by atoms with Crippen molar-refractivity contribution >= 4 is 23.2 Å². The summed E-state index contributed by atoms with van der Waals surface area (Å²) in [5, 5.41) is 4.49. The maximum absolute atomic E-state index is 6.05. The minimum atomic E-state index is 0.260. The summed E-state index contributed by atoms with van der Waals surface area (Å²) in [6, 6.07) is 5.91.